The molecule has 0 bridgehead atoms. The predicted octanol–water partition coefficient (Wildman–Crippen LogP) is 3.91. The molecule has 208 valence electrons. The molecule has 2 aliphatic carbocycles. The lowest BCUT2D eigenvalue weighted by atomic mass is 9.80. The summed E-state index contributed by atoms with van der Waals surface area (Å²) in [6, 6.07) is 12.3. The second-order valence-corrected chi connectivity index (χ2v) is 12.9. The van der Waals surface area contributed by atoms with Gasteiger partial charge in [0.2, 0.25) is 5.91 Å². The zero-order chi connectivity index (χ0) is 27.9. The van der Waals surface area contributed by atoms with Crippen molar-refractivity contribution in [2.75, 3.05) is 26.3 Å². The van der Waals surface area contributed by atoms with E-state index in [-0.39, 0.29) is 23.3 Å². The quantitative estimate of drug-likeness (QED) is 0.420. The average molecular weight is 612 g/mol. The van der Waals surface area contributed by atoms with Crippen LogP contribution < -0.4 is 10.7 Å². The summed E-state index contributed by atoms with van der Waals surface area (Å²) in [7, 11) is 0. The largest absolute Gasteiger partial charge is 0.336 e. The first kappa shape index (κ1) is 25.1. The van der Waals surface area contributed by atoms with Crippen molar-refractivity contribution >= 4 is 27.7 Å². The Balaban J connectivity index is 1.25. The Morgan fingerprint density at radius 2 is 1.83 bits per heavy atom. The normalized spacial score (nSPS) is 21.7. The van der Waals surface area contributed by atoms with E-state index in [1.807, 2.05) is 21.9 Å². The van der Waals surface area contributed by atoms with E-state index >= 15 is 0 Å². The summed E-state index contributed by atoms with van der Waals surface area (Å²) in [6.07, 6.45) is 7.92. The predicted molar refractivity (Wildman–Crippen MR) is 157 cm³/mol. The van der Waals surface area contributed by atoms with Gasteiger partial charge < -0.3 is 9.80 Å². The summed E-state index contributed by atoms with van der Waals surface area (Å²) in [5.74, 6) is 0.508. The van der Waals surface area contributed by atoms with Crippen molar-refractivity contribution in [1.29, 1.82) is 0 Å². The van der Waals surface area contributed by atoms with Crippen LogP contribution in [0.1, 0.15) is 76.9 Å². The number of fused-ring (bicyclic) bond motifs is 2. The Labute approximate surface area is 246 Å². The second kappa shape index (κ2) is 9.21. The van der Waals surface area contributed by atoms with Gasteiger partial charge in [0.15, 0.2) is 0 Å². The number of nitrogens with zero attached hydrogens (tertiary/aromatic N) is 6. The SMILES string of the molecule is C=CC(=O)N1CC2c3c(nn(-c4ccc(C5CCC5)cc4)c3CCN2C(=O)c2ccc(Br)c3c2=NCN=3)C2(CC2)C1. The van der Waals surface area contributed by atoms with E-state index in [9.17, 15) is 9.59 Å². The summed E-state index contributed by atoms with van der Waals surface area (Å²) in [4.78, 5) is 40.2. The molecule has 2 aromatic carbocycles. The minimum Gasteiger partial charge on any atom is -0.336 e. The molecule has 1 aromatic heterocycles. The molecular formula is C32H31BrN6O2. The maximum absolute atomic E-state index is 14.3. The van der Waals surface area contributed by atoms with Crippen molar-refractivity contribution in [1.82, 2.24) is 19.6 Å². The molecule has 9 heteroatoms. The third-order valence-electron chi connectivity index (χ3n) is 9.81. The smallest absolute Gasteiger partial charge is 0.256 e. The summed E-state index contributed by atoms with van der Waals surface area (Å²) >= 11 is 3.55. The lowest BCUT2D eigenvalue weighted by molar-refractivity contribution is -0.127. The van der Waals surface area contributed by atoms with Gasteiger partial charge in [-0.15, -0.1) is 0 Å². The molecule has 4 heterocycles. The summed E-state index contributed by atoms with van der Waals surface area (Å²) in [6.45, 7) is 5.65. The molecule has 2 fully saturated rings. The minimum absolute atomic E-state index is 0.0773. The second-order valence-electron chi connectivity index (χ2n) is 12.1. The Hall–Kier alpha value is -3.59. The zero-order valence-electron chi connectivity index (χ0n) is 22.9. The molecule has 41 heavy (non-hydrogen) atoms. The summed E-state index contributed by atoms with van der Waals surface area (Å²) in [5.41, 5.74) is 6.20. The van der Waals surface area contributed by atoms with E-state index in [1.165, 1.54) is 30.9 Å². The molecule has 1 unspecified atom stereocenters. The van der Waals surface area contributed by atoms with E-state index in [0.29, 0.717) is 49.6 Å². The number of aromatic nitrogens is 2. The number of hydrogen-bond donors (Lipinski definition) is 0. The topological polar surface area (TPSA) is 83.2 Å². The van der Waals surface area contributed by atoms with E-state index < -0.39 is 0 Å². The molecule has 0 radical (unpaired) electrons. The van der Waals surface area contributed by atoms with Gasteiger partial charge in [0.05, 0.1) is 39.4 Å². The van der Waals surface area contributed by atoms with Gasteiger partial charge in [0.1, 0.15) is 6.67 Å². The van der Waals surface area contributed by atoms with Gasteiger partial charge in [-0.1, -0.05) is 25.1 Å². The van der Waals surface area contributed by atoms with Crippen LogP contribution in [0.25, 0.3) is 5.69 Å². The molecule has 1 atom stereocenters. The summed E-state index contributed by atoms with van der Waals surface area (Å²) in [5, 5.41) is 6.67. The van der Waals surface area contributed by atoms with E-state index in [2.05, 4.69) is 61.4 Å². The van der Waals surface area contributed by atoms with Crippen molar-refractivity contribution in [3.63, 3.8) is 0 Å². The van der Waals surface area contributed by atoms with E-state index in [4.69, 9.17) is 5.10 Å². The molecule has 3 aromatic rings. The Bertz CT molecular complexity index is 1750. The monoisotopic (exact) mass is 610 g/mol. The molecule has 0 N–H and O–H groups in total. The molecule has 8 nitrogen and oxygen atoms in total. The van der Waals surface area contributed by atoms with Gasteiger partial charge in [-0.3, -0.25) is 19.6 Å². The standard InChI is InChI=1S/C32H31BrN6O2/c1-2-26(40)37-16-25-27-24(12-15-38(25)31(41)22-10-11-23(33)29-28(22)34-18-35-29)39(36-30(27)32(17-37)13-14-32)21-8-6-20(7-9-21)19-4-3-5-19/h2,6-11,19,25H,1,3-5,12-18H2. The maximum Gasteiger partial charge on any atom is 0.256 e. The van der Waals surface area contributed by atoms with E-state index in [0.717, 1.165) is 45.3 Å². The lowest BCUT2D eigenvalue weighted by Gasteiger charge is -2.37. The van der Waals surface area contributed by atoms with Crippen molar-refractivity contribution in [2.24, 2.45) is 9.98 Å². The van der Waals surface area contributed by atoms with Crippen molar-refractivity contribution in [3.05, 3.63) is 92.3 Å². The van der Waals surface area contributed by atoms with Gasteiger partial charge in [-0.2, -0.15) is 5.10 Å². The fourth-order valence-corrected chi connectivity index (χ4v) is 7.63. The van der Waals surface area contributed by atoms with Gasteiger partial charge in [0, 0.05) is 41.5 Å². The number of benzene rings is 2. The van der Waals surface area contributed by atoms with Crippen LogP contribution >= 0.6 is 15.9 Å². The van der Waals surface area contributed by atoms with Crippen LogP contribution in [0, 0.1) is 0 Å². The Morgan fingerprint density at radius 3 is 2.54 bits per heavy atom. The van der Waals surface area contributed by atoms with Gasteiger partial charge >= 0.3 is 0 Å². The fraction of sp³-hybridized carbons (Fsp3) is 0.406. The molecule has 8 rings (SSSR count). The van der Waals surface area contributed by atoms with Gasteiger partial charge in [-0.25, -0.2) is 4.68 Å². The fourth-order valence-electron chi connectivity index (χ4n) is 7.19. The number of carbonyl (C=O) groups is 2. The highest BCUT2D eigenvalue weighted by Crippen LogP contribution is 2.54. The van der Waals surface area contributed by atoms with Crippen LogP contribution in [-0.4, -0.2) is 57.7 Å². The molecular weight excluding hydrogens is 580 g/mol. The van der Waals surface area contributed by atoms with Crippen LogP contribution in [0.5, 0.6) is 0 Å². The average Bonchev–Trinajstić information content (AvgIpc) is 3.41. The van der Waals surface area contributed by atoms with Crippen LogP contribution in [0.2, 0.25) is 0 Å². The highest BCUT2D eigenvalue weighted by molar-refractivity contribution is 9.10. The zero-order valence-corrected chi connectivity index (χ0v) is 24.4. The molecule has 1 spiro atoms. The molecule has 0 saturated heterocycles. The van der Waals surface area contributed by atoms with Crippen LogP contribution in [0.15, 0.2) is 63.5 Å². The van der Waals surface area contributed by atoms with Crippen LogP contribution in [0.4, 0.5) is 0 Å². The molecule has 2 amide bonds. The molecule has 5 aliphatic rings. The van der Waals surface area contributed by atoms with E-state index in [1.54, 1.807) is 0 Å². The van der Waals surface area contributed by atoms with Crippen LogP contribution in [0.3, 0.4) is 0 Å². The first-order valence-electron chi connectivity index (χ1n) is 14.6. The van der Waals surface area contributed by atoms with Crippen molar-refractivity contribution in [2.45, 2.75) is 55.9 Å². The molecule has 2 saturated carbocycles. The van der Waals surface area contributed by atoms with Crippen molar-refractivity contribution < 1.29 is 9.59 Å². The number of rotatable bonds is 4. The first-order chi connectivity index (χ1) is 20.0. The lowest BCUT2D eigenvalue weighted by Crippen LogP contribution is -2.47. The van der Waals surface area contributed by atoms with Crippen LogP contribution in [-0.2, 0) is 16.6 Å². The first-order valence-corrected chi connectivity index (χ1v) is 15.4. The highest BCUT2D eigenvalue weighted by atomic mass is 79.9. The van der Waals surface area contributed by atoms with Crippen molar-refractivity contribution in [3.8, 4) is 5.69 Å². The third-order valence-corrected chi connectivity index (χ3v) is 10.5. The maximum atomic E-state index is 14.3. The number of halogens is 1. The minimum atomic E-state index is -0.300. The number of hydrogen-bond acceptors (Lipinski definition) is 5. The highest BCUT2D eigenvalue weighted by Gasteiger charge is 2.55. The number of amides is 2. The van der Waals surface area contributed by atoms with Gasteiger partial charge in [-0.05, 0) is 83.4 Å². The summed E-state index contributed by atoms with van der Waals surface area (Å²) < 4.78 is 2.96. The Kier molecular flexibility index (Phi) is 5.65. The molecule has 3 aliphatic heterocycles. The third kappa shape index (κ3) is 3.81. The Morgan fingerprint density at radius 1 is 1.05 bits per heavy atom. The number of carbonyl (C=O) groups excluding carboxylic acids is 2. The van der Waals surface area contributed by atoms with Gasteiger partial charge in [0.25, 0.3) is 5.91 Å².